The van der Waals surface area contributed by atoms with E-state index in [0.29, 0.717) is 0 Å². The summed E-state index contributed by atoms with van der Waals surface area (Å²) in [6.07, 6.45) is 0. The maximum absolute atomic E-state index is 11.3. The standard InChI is InChI=1S/C8H15NO5/c1-7(2,3)14-6(13)8(9,4-10)5(11)12/h10H,4,9H2,1-3H3,(H,11,12). The summed E-state index contributed by atoms with van der Waals surface area (Å²) >= 11 is 0. The summed E-state index contributed by atoms with van der Waals surface area (Å²) in [7, 11) is 0. The molecule has 6 heteroatoms. The average Bonchev–Trinajstić information content (AvgIpc) is 1.99. The molecule has 1 atom stereocenters. The molecule has 14 heavy (non-hydrogen) atoms. The second-order valence-electron chi connectivity index (χ2n) is 3.94. The first kappa shape index (κ1) is 12.9. The maximum Gasteiger partial charge on any atom is 0.340 e. The van der Waals surface area contributed by atoms with Crippen LogP contribution in [0.4, 0.5) is 0 Å². The van der Waals surface area contributed by atoms with E-state index in [9.17, 15) is 9.59 Å². The van der Waals surface area contributed by atoms with E-state index in [-0.39, 0.29) is 0 Å². The number of hydrogen-bond acceptors (Lipinski definition) is 5. The van der Waals surface area contributed by atoms with Crippen LogP contribution in [0.5, 0.6) is 0 Å². The predicted octanol–water partition coefficient (Wildman–Crippen LogP) is -0.897. The largest absolute Gasteiger partial charge is 0.479 e. The number of rotatable bonds is 3. The summed E-state index contributed by atoms with van der Waals surface area (Å²) in [6.45, 7) is 3.72. The molecule has 0 radical (unpaired) electrons. The lowest BCUT2D eigenvalue weighted by molar-refractivity contribution is -0.171. The predicted molar refractivity (Wildman–Crippen MR) is 47.5 cm³/mol. The monoisotopic (exact) mass is 205 g/mol. The normalized spacial score (nSPS) is 15.8. The van der Waals surface area contributed by atoms with E-state index < -0.39 is 29.7 Å². The number of carbonyl (C=O) groups is 2. The first-order chi connectivity index (χ1) is 6.13. The Balaban J connectivity index is 4.73. The van der Waals surface area contributed by atoms with Crippen molar-refractivity contribution in [3.05, 3.63) is 0 Å². The molecule has 0 fully saturated rings. The van der Waals surface area contributed by atoms with Crippen LogP contribution in [0.3, 0.4) is 0 Å². The highest BCUT2D eigenvalue weighted by Crippen LogP contribution is 2.12. The van der Waals surface area contributed by atoms with E-state index in [4.69, 9.17) is 20.7 Å². The quantitative estimate of drug-likeness (QED) is 0.407. The van der Waals surface area contributed by atoms with Gasteiger partial charge in [0.1, 0.15) is 5.60 Å². The topological polar surface area (TPSA) is 110 Å². The molecule has 0 aliphatic heterocycles. The van der Waals surface area contributed by atoms with Crippen LogP contribution >= 0.6 is 0 Å². The van der Waals surface area contributed by atoms with Crippen molar-refractivity contribution in [2.75, 3.05) is 6.61 Å². The van der Waals surface area contributed by atoms with E-state index in [2.05, 4.69) is 0 Å². The van der Waals surface area contributed by atoms with E-state index in [0.717, 1.165) is 0 Å². The molecule has 0 rings (SSSR count). The van der Waals surface area contributed by atoms with Crippen molar-refractivity contribution in [2.45, 2.75) is 31.9 Å². The van der Waals surface area contributed by atoms with Crippen LogP contribution in [0.2, 0.25) is 0 Å². The van der Waals surface area contributed by atoms with Gasteiger partial charge in [-0.05, 0) is 20.8 Å². The van der Waals surface area contributed by atoms with Crippen LogP contribution < -0.4 is 5.73 Å². The molecule has 0 aliphatic carbocycles. The summed E-state index contributed by atoms with van der Waals surface area (Å²) < 4.78 is 4.75. The zero-order chi connectivity index (χ0) is 11.6. The summed E-state index contributed by atoms with van der Waals surface area (Å²) in [4.78, 5) is 21.9. The third-order valence-corrected chi connectivity index (χ3v) is 1.39. The molecule has 0 saturated heterocycles. The number of ether oxygens (including phenoxy) is 1. The Morgan fingerprint density at radius 3 is 2.00 bits per heavy atom. The molecule has 0 aromatic heterocycles. The zero-order valence-electron chi connectivity index (χ0n) is 8.40. The summed E-state index contributed by atoms with van der Waals surface area (Å²) in [5.41, 5.74) is 1.94. The number of aliphatic carboxylic acids is 1. The lowest BCUT2D eigenvalue weighted by atomic mass is 10.0. The molecule has 1 unspecified atom stereocenters. The van der Waals surface area contributed by atoms with Crippen molar-refractivity contribution >= 4 is 11.9 Å². The van der Waals surface area contributed by atoms with Gasteiger partial charge in [-0.15, -0.1) is 0 Å². The van der Waals surface area contributed by atoms with Crippen molar-refractivity contribution < 1.29 is 24.5 Å². The van der Waals surface area contributed by atoms with Gasteiger partial charge in [0.25, 0.3) is 0 Å². The van der Waals surface area contributed by atoms with E-state index in [1.807, 2.05) is 0 Å². The number of carboxylic acid groups (broad SMARTS) is 1. The fourth-order valence-electron chi connectivity index (χ4n) is 0.589. The molecule has 4 N–H and O–H groups in total. The minimum Gasteiger partial charge on any atom is -0.479 e. The highest BCUT2D eigenvalue weighted by Gasteiger charge is 2.45. The van der Waals surface area contributed by atoms with Gasteiger partial charge in [0, 0.05) is 0 Å². The Labute approximate surface area is 81.7 Å². The fourth-order valence-corrected chi connectivity index (χ4v) is 0.589. The first-order valence-electron chi connectivity index (χ1n) is 4.00. The second kappa shape index (κ2) is 3.93. The molecule has 0 saturated carbocycles. The second-order valence-corrected chi connectivity index (χ2v) is 3.94. The molecule has 82 valence electrons. The van der Waals surface area contributed by atoms with Crippen LogP contribution in [0.1, 0.15) is 20.8 Å². The minimum absolute atomic E-state index is 0.841. The Kier molecular flexibility index (Phi) is 3.61. The molecule has 0 aromatic rings. The fraction of sp³-hybridized carbons (Fsp3) is 0.750. The van der Waals surface area contributed by atoms with Gasteiger partial charge in [-0.2, -0.15) is 0 Å². The van der Waals surface area contributed by atoms with Gasteiger partial charge in [-0.25, -0.2) is 9.59 Å². The summed E-state index contributed by atoms with van der Waals surface area (Å²) in [5, 5.41) is 17.3. The van der Waals surface area contributed by atoms with Gasteiger partial charge >= 0.3 is 11.9 Å². The molecule has 0 aromatic carbocycles. The molecule has 0 spiro atoms. The number of carboxylic acids is 1. The maximum atomic E-state index is 11.3. The number of aliphatic hydroxyl groups excluding tert-OH is 1. The summed E-state index contributed by atoms with van der Waals surface area (Å²) in [5.74, 6) is -2.77. The third kappa shape index (κ3) is 2.97. The number of hydrogen-bond donors (Lipinski definition) is 3. The SMILES string of the molecule is CC(C)(C)OC(=O)C(N)(CO)C(=O)O. The Hall–Kier alpha value is -1.14. The highest BCUT2D eigenvalue weighted by molar-refractivity contribution is 6.04. The van der Waals surface area contributed by atoms with Crippen molar-refractivity contribution in [3.63, 3.8) is 0 Å². The molecule has 0 amide bonds. The van der Waals surface area contributed by atoms with Crippen LogP contribution in [0, 0.1) is 0 Å². The molecular formula is C8H15NO5. The highest BCUT2D eigenvalue weighted by atomic mass is 16.6. The molecule has 0 heterocycles. The van der Waals surface area contributed by atoms with E-state index in [1.165, 1.54) is 0 Å². The van der Waals surface area contributed by atoms with Crippen LogP contribution in [-0.4, -0.2) is 39.9 Å². The Morgan fingerprint density at radius 2 is 1.79 bits per heavy atom. The van der Waals surface area contributed by atoms with Gasteiger partial charge in [-0.1, -0.05) is 0 Å². The first-order valence-corrected chi connectivity index (χ1v) is 4.00. The third-order valence-electron chi connectivity index (χ3n) is 1.39. The van der Waals surface area contributed by atoms with Crippen molar-refractivity contribution in [2.24, 2.45) is 5.73 Å². The minimum atomic E-state index is -2.38. The van der Waals surface area contributed by atoms with Crippen molar-refractivity contribution in [3.8, 4) is 0 Å². The van der Waals surface area contributed by atoms with Gasteiger partial charge in [0.2, 0.25) is 5.54 Å². The van der Waals surface area contributed by atoms with Crippen LogP contribution in [-0.2, 0) is 14.3 Å². The van der Waals surface area contributed by atoms with Crippen molar-refractivity contribution in [1.82, 2.24) is 0 Å². The van der Waals surface area contributed by atoms with Crippen LogP contribution in [0.25, 0.3) is 0 Å². The molecular weight excluding hydrogens is 190 g/mol. The average molecular weight is 205 g/mol. The van der Waals surface area contributed by atoms with Gasteiger partial charge in [-0.3, -0.25) is 0 Å². The molecule has 0 aliphatic rings. The summed E-state index contributed by atoms with van der Waals surface area (Å²) in [6, 6.07) is 0. The number of aliphatic hydroxyl groups is 1. The van der Waals surface area contributed by atoms with Crippen molar-refractivity contribution in [1.29, 1.82) is 0 Å². The van der Waals surface area contributed by atoms with Gasteiger partial charge < -0.3 is 20.7 Å². The number of nitrogens with two attached hydrogens (primary N) is 1. The Bertz CT molecular complexity index is 245. The molecule has 0 bridgehead atoms. The smallest absolute Gasteiger partial charge is 0.340 e. The number of esters is 1. The Morgan fingerprint density at radius 1 is 1.36 bits per heavy atom. The lowest BCUT2D eigenvalue weighted by Crippen LogP contribution is -2.59. The zero-order valence-corrected chi connectivity index (χ0v) is 8.40. The molecule has 6 nitrogen and oxygen atoms in total. The van der Waals surface area contributed by atoms with Gasteiger partial charge in [0.15, 0.2) is 0 Å². The van der Waals surface area contributed by atoms with E-state index >= 15 is 0 Å². The van der Waals surface area contributed by atoms with E-state index in [1.54, 1.807) is 20.8 Å². The number of carbonyl (C=O) groups excluding carboxylic acids is 1. The van der Waals surface area contributed by atoms with Crippen LogP contribution in [0.15, 0.2) is 0 Å². The van der Waals surface area contributed by atoms with Gasteiger partial charge in [0.05, 0.1) is 6.61 Å². The lowest BCUT2D eigenvalue weighted by Gasteiger charge is -2.26.